The van der Waals surface area contributed by atoms with Crippen LogP contribution >= 0.6 is 0 Å². The van der Waals surface area contributed by atoms with Gasteiger partial charge < -0.3 is 14.4 Å². The number of pyridine rings is 1. The highest BCUT2D eigenvalue weighted by Gasteiger charge is 2.28. The number of nitrogens with zero attached hydrogens (tertiary/aromatic N) is 4. The van der Waals surface area contributed by atoms with E-state index in [1.54, 1.807) is 13.3 Å². The number of likely N-dealkylation sites (tertiary alicyclic amines) is 1. The summed E-state index contributed by atoms with van der Waals surface area (Å²) < 4.78 is 10.6. The van der Waals surface area contributed by atoms with Gasteiger partial charge >= 0.3 is 0 Å². The summed E-state index contributed by atoms with van der Waals surface area (Å²) >= 11 is 0. The van der Waals surface area contributed by atoms with Crippen molar-refractivity contribution in [1.29, 1.82) is 0 Å². The fourth-order valence-electron chi connectivity index (χ4n) is 4.14. The summed E-state index contributed by atoms with van der Waals surface area (Å²) in [5.74, 6) is 1.13. The van der Waals surface area contributed by atoms with E-state index >= 15 is 0 Å². The third-order valence-corrected chi connectivity index (χ3v) is 5.80. The Kier molecular flexibility index (Phi) is 6.41. The van der Waals surface area contributed by atoms with Gasteiger partial charge in [-0.2, -0.15) is 5.10 Å². The van der Waals surface area contributed by atoms with Gasteiger partial charge in [0.2, 0.25) is 5.91 Å². The summed E-state index contributed by atoms with van der Waals surface area (Å²) in [4.78, 5) is 21.5. The molecule has 156 valence electrons. The number of hydrogen-bond donors (Lipinski definition) is 1. The van der Waals surface area contributed by atoms with Gasteiger partial charge in [-0.1, -0.05) is 0 Å². The third kappa shape index (κ3) is 4.94. The molecule has 8 heteroatoms. The van der Waals surface area contributed by atoms with Crippen molar-refractivity contribution in [2.24, 2.45) is 0 Å². The summed E-state index contributed by atoms with van der Waals surface area (Å²) in [5, 5.41) is 7.52. The fourth-order valence-corrected chi connectivity index (χ4v) is 4.14. The molecule has 0 aliphatic carbocycles. The molecule has 0 aromatic carbocycles. The number of rotatable bonds is 6. The number of aromatic amines is 1. The fraction of sp³-hybridized carbons (Fsp3) is 0.571. The Balaban J connectivity index is 1.38. The number of carbonyl (C=O) groups excluding carboxylic acids is 1. The molecule has 1 unspecified atom stereocenters. The normalized spacial score (nSPS) is 20.6. The lowest BCUT2D eigenvalue weighted by atomic mass is 9.92. The smallest absolute Gasteiger partial charge is 0.228 e. The van der Waals surface area contributed by atoms with Crippen molar-refractivity contribution >= 4 is 5.91 Å². The maximum absolute atomic E-state index is 12.8. The van der Waals surface area contributed by atoms with Crippen LogP contribution in [0.25, 0.3) is 0 Å². The zero-order valence-corrected chi connectivity index (χ0v) is 17.0. The molecule has 2 aliphatic heterocycles. The van der Waals surface area contributed by atoms with Gasteiger partial charge in [0, 0.05) is 55.6 Å². The number of nitrogens with one attached hydrogen (secondary N) is 1. The predicted molar refractivity (Wildman–Crippen MR) is 108 cm³/mol. The molecule has 2 aromatic heterocycles. The first kappa shape index (κ1) is 19.8. The molecule has 0 radical (unpaired) electrons. The van der Waals surface area contributed by atoms with Crippen LogP contribution in [0.4, 0.5) is 0 Å². The van der Waals surface area contributed by atoms with E-state index in [0.29, 0.717) is 18.1 Å². The molecular weight excluding hydrogens is 370 g/mol. The average molecular weight is 399 g/mol. The van der Waals surface area contributed by atoms with E-state index in [-0.39, 0.29) is 5.91 Å². The van der Waals surface area contributed by atoms with Crippen LogP contribution in [-0.2, 0) is 22.5 Å². The Morgan fingerprint density at radius 1 is 1.28 bits per heavy atom. The number of ether oxygens (including phenoxy) is 2. The van der Waals surface area contributed by atoms with Crippen LogP contribution in [0.1, 0.15) is 35.7 Å². The molecule has 2 aromatic rings. The Morgan fingerprint density at radius 2 is 2.14 bits per heavy atom. The second kappa shape index (κ2) is 9.37. The Morgan fingerprint density at radius 3 is 2.90 bits per heavy atom. The van der Waals surface area contributed by atoms with Crippen LogP contribution < -0.4 is 4.74 Å². The summed E-state index contributed by atoms with van der Waals surface area (Å²) in [6.07, 6.45) is 5.99. The molecule has 1 N–H and O–H groups in total. The van der Waals surface area contributed by atoms with Gasteiger partial charge in [-0.15, -0.1) is 0 Å². The van der Waals surface area contributed by atoms with Crippen molar-refractivity contribution in [3.63, 3.8) is 0 Å². The Bertz CT molecular complexity index is 801. The minimum absolute atomic E-state index is 0.126. The molecule has 1 amide bonds. The molecule has 4 rings (SSSR count). The molecule has 2 saturated heterocycles. The number of piperidine rings is 1. The zero-order chi connectivity index (χ0) is 20.1. The van der Waals surface area contributed by atoms with E-state index < -0.39 is 0 Å². The monoisotopic (exact) mass is 399 g/mol. The molecule has 29 heavy (non-hydrogen) atoms. The predicted octanol–water partition coefficient (Wildman–Crippen LogP) is 1.59. The summed E-state index contributed by atoms with van der Waals surface area (Å²) in [6.45, 7) is 5.90. The van der Waals surface area contributed by atoms with Crippen LogP contribution in [-0.4, -0.2) is 77.4 Å². The summed E-state index contributed by atoms with van der Waals surface area (Å²) in [5.41, 5.74) is 3.19. The van der Waals surface area contributed by atoms with Gasteiger partial charge in [-0.05, 0) is 25.0 Å². The van der Waals surface area contributed by atoms with E-state index in [1.165, 1.54) is 11.3 Å². The Labute approximate surface area is 171 Å². The lowest BCUT2D eigenvalue weighted by Crippen LogP contribution is -2.40. The SMILES string of the molecule is COc1ccc(CC(=O)N2CCCC(c3[nH]ncc3CN3CCOCC3)C2)nc1. The van der Waals surface area contributed by atoms with Crippen LogP contribution in [0.3, 0.4) is 0 Å². The van der Waals surface area contributed by atoms with Gasteiger partial charge in [0.15, 0.2) is 0 Å². The molecule has 8 nitrogen and oxygen atoms in total. The summed E-state index contributed by atoms with van der Waals surface area (Å²) in [6, 6.07) is 3.70. The topological polar surface area (TPSA) is 83.6 Å². The number of carbonyl (C=O) groups is 1. The van der Waals surface area contributed by atoms with Crippen LogP contribution in [0.2, 0.25) is 0 Å². The van der Waals surface area contributed by atoms with E-state index in [1.807, 2.05) is 23.2 Å². The number of hydrogen-bond acceptors (Lipinski definition) is 6. The number of amides is 1. The molecular formula is C21H29N5O3. The standard InChI is InChI=1S/C21H29N5O3/c1-28-19-5-4-18(22-13-19)11-20(27)26-6-2-3-16(15-26)21-17(12-23-24-21)14-25-7-9-29-10-8-25/h4-5,12-13,16H,2-3,6-11,14-15H2,1H3,(H,23,24). The van der Waals surface area contributed by atoms with Gasteiger partial charge in [0.05, 0.1) is 39.1 Å². The van der Waals surface area contributed by atoms with Gasteiger partial charge in [0.25, 0.3) is 0 Å². The largest absolute Gasteiger partial charge is 0.495 e. The van der Waals surface area contributed by atoms with Gasteiger partial charge in [-0.25, -0.2) is 0 Å². The van der Waals surface area contributed by atoms with E-state index in [4.69, 9.17) is 9.47 Å². The highest BCUT2D eigenvalue weighted by Crippen LogP contribution is 2.29. The minimum atomic E-state index is 0.126. The second-order valence-corrected chi connectivity index (χ2v) is 7.74. The zero-order valence-electron chi connectivity index (χ0n) is 17.0. The maximum Gasteiger partial charge on any atom is 0.228 e. The van der Waals surface area contributed by atoms with Gasteiger partial charge in [0.1, 0.15) is 5.75 Å². The number of aromatic nitrogens is 3. The van der Waals surface area contributed by atoms with E-state index in [0.717, 1.165) is 64.5 Å². The van der Waals surface area contributed by atoms with E-state index in [2.05, 4.69) is 20.1 Å². The molecule has 0 spiro atoms. The quantitative estimate of drug-likeness (QED) is 0.794. The number of methoxy groups -OCH3 is 1. The molecule has 4 heterocycles. The van der Waals surface area contributed by atoms with Crippen molar-refractivity contribution in [2.75, 3.05) is 46.5 Å². The first-order valence-corrected chi connectivity index (χ1v) is 10.3. The molecule has 0 bridgehead atoms. The van der Waals surface area contributed by atoms with Gasteiger partial charge in [-0.3, -0.25) is 19.8 Å². The lowest BCUT2D eigenvalue weighted by molar-refractivity contribution is -0.131. The first-order valence-electron chi connectivity index (χ1n) is 10.3. The highest BCUT2D eigenvalue weighted by atomic mass is 16.5. The lowest BCUT2D eigenvalue weighted by Gasteiger charge is -2.33. The number of H-pyrrole nitrogens is 1. The van der Waals surface area contributed by atoms with E-state index in [9.17, 15) is 4.79 Å². The van der Waals surface area contributed by atoms with Crippen molar-refractivity contribution in [2.45, 2.75) is 31.7 Å². The highest BCUT2D eigenvalue weighted by molar-refractivity contribution is 5.78. The van der Waals surface area contributed by atoms with Crippen molar-refractivity contribution in [3.05, 3.63) is 41.5 Å². The number of morpholine rings is 1. The maximum atomic E-state index is 12.8. The Hall–Kier alpha value is -2.45. The summed E-state index contributed by atoms with van der Waals surface area (Å²) in [7, 11) is 1.61. The van der Waals surface area contributed by atoms with Crippen LogP contribution in [0.5, 0.6) is 5.75 Å². The third-order valence-electron chi connectivity index (χ3n) is 5.80. The van der Waals surface area contributed by atoms with Crippen molar-refractivity contribution < 1.29 is 14.3 Å². The molecule has 0 saturated carbocycles. The van der Waals surface area contributed by atoms with Crippen LogP contribution in [0, 0.1) is 0 Å². The molecule has 2 fully saturated rings. The minimum Gasteiger partial charge on any atom is -0.495 e. The molecule has 1 atom stereocenters. The van der Waals surface area contributed by atoms with Crippen molar-refractivity contribution in [3.8, 4) is 5.75 Å². The average Bonchev–Trinajstić information content (AvgIpc) is 3.23. The van der Waals surface area contributed by atoms with Crippen LogP contribution in [0.15, 0.2) is 24.5 Å². The first-order chi connectivity index (χ1) is 14.2. The second-order valence-electron chi connectivity index (χ2n) is 7.74. The van der Waals surface area contributed by atoms with Crippen molar-refractivity contribution in [1.82, 2.24) is 25.0 Å². The molecule has 2 aliphatic rings.